The number of carbonyl (C=O) groups excluding carboxylic acids is 1. The van der Waals surface area contributed by atoms with Gasteiger partial charge < -0.3 is 19.5 Å². The van der Waals surface area contributed by atoms with E-state index in [2.05, 4.69) is 4.98 Å². The highest BCUT2D eigenvalue weighted by molar-refractivity contribution is 7.13. The van der Waals surface area contributed by atoms with E-state index < -0.39 is 12.0 Å². The van der Waals surface area contributed by atoms with Crippen molar-refractivity contribution in [1.82, 2.24) is 9.88 Å². The lowest BCUT2D eigenvalue weighted by atomic mass is 10.2. The molecule has 21 heavy (non-hydrogen) atoms. The Balaban J connectivity index is 2.23. The first kappa shape index (κ1) is 15.9. The number of amides is 1. The van der Waals surface area contributed by atoms with E-state index in [0.717, 1.165) is 0 Å². The van der Waals surface area contributed by atoms with Crippen molar-refractivity contribution in [3.05, 3.63) is 15.6 Å². The lowest BCUT2D eigenvalue weighted by molar-refractivity contribution is -0.141. The number of carbonyl (C=O) groups is 2. The summed E-state index contributed by atoms with van der Waals surface area (Å²) in [7, 11) is 3.08. The molecule has 1 saturated heterocycles. The largest absolute Gasteiger partial charge is 0.480 e. The minimum atomic E-state index is -1.01. The molecule has 0 radical (unpaired) electrons. The summed E-state index contributed by atoms with van der Waals surface area (Å²) in [6.45, 7) is 2.35. The van der Waals surface area contributed by atoms with Gasteiger partial charge in [0, 0.05) is 27.2 Å². The highest BCUT2D eigenvalue weighted by Crippen LogP contribution is 2.27. The molecule has 0 saturated carbocycles. The fraction of sp³-hybridized carbons (Fsp3) is 0.615. The number of aryl methyl sites for hydroxylation is 1. The topological polar surface area (TPSA) is 89.0 Å². The zero-order chi connectivity index (χ0) is 15.6. The van der Waals surface area contributed by atoms with Crippen LogP contribution in [0.2, 0.25) is 0 Å². The Morgan fingerprint density at radius 1 is 1.48 bits per heavy atom. The Morgan fingerprint density at radius 2 is 2.19 bits per heavy atom. The number of likely N-dealkylation sites (tertiary alicyclic amines) is 1. The zero-order valence-corrected chi connectivity index (χ0v) is 13.0. The predicted octanol–water partition coefficient (Wildman–Crippen LogP) is 0.912. The van der Waals surface area contributed by atoms with Crippen molar-refractivity contribution in [1.29, 1.82) is 0 Å². The number of carboxylic acid groups (broad SMARTS) is 1. The van der Waals surface area contributed by atoms with E-state index in [1.54, 1.807) is 14.0 Å². The van der Waals surface area contributed by atoms with Gasteiger partial charge >= 0.3 is 5.97 Å². The number of hydrogen-bond donors (Lipinski definition) is 1. The van der Waals surface area contributed by atoms with Crippen LogP contribution in [0.3, 0.4) is 0 Å². The van der Waals surface area contributed by atoms with Crippen LogP contribution in [0.25, 0.3) is 0 Å². The Morgan fingerprint density at radius 3 is 2.76 bits per heavy atom. The van der Waals surface area contributed by atoms with Crippen molar-refractivity contribution in [3.63, 3.8) is 0 Å². The van der Waals surface area contributed by atoms with Gasteiger partial charge in [-0.05, 0) is 6.92 Å². The normalized spacial score (nSPS) is 21.8. The summed E-state index contributed by atoms with van der Waals surface area (Å²) in [5.74, 6) is -1.32. The molecule has 0 bridgehead atoms. The zero-order valence-electron chi connectivity index (χ0n) is 12.2. The summed E-state index contributed by atoms with van der Waals surface area (Å²) < 4.78 is 10.2. The summed E-state index contributed by atoms with van der Waals surface area (Å²) in [4.78, 5) is 30.0. The van der Waals surface area contributed by atoms with E-state index in [1.165, 1.54) is 23.3 Å². The van der Waals surface area contributed by atoms with Crippen LogP contribution in [0.4, 0.5) is 0 Å². The van der Waals surface area contributed by atoms with Crippen LogP contribution in [0, 0.1) is 6.92 Å². The molecule has 0 aromatic carbocycles. The van der Waals surface area contributed by atoms with Crippen LogP contribution in [0.5, 0.6) is 0 Å². The summed E-state index contributed by atoms with van der Waals surface area (Å²) in [6.07, 6.45) is 0.0575. The van der Waals surface area contributed by atoms with Gasteiger partial charge in [-0.3, -0.25) is 4.79 Å². The number of hydrogen-bond acceptors (Lipinski definition) is 6. The predicted molar refractivity (Wildman–Crippen MR) is 75.4 cm³/mol. The van der Waals surface area contributed by atoms with Crippen LogP contribution in [-0.2, 0) is 20.9 Å². The Hall–Kier alpha value is -1.51. The number of methoxy groups -OCH3 is 2. The molecule has 1 amide bonds. The van der Waals surface area contributed by atoms with Crippen LogP contribution in [0.1, 0.15) is 26.8 Å². The molecule has 1 aliphatic heterocycles. The third-order valence-corrected chi connectivity index (χ3v) is 4.56. The molecule has 8 heteroatoms. The van der Waals surface area contributed by atoms with E-state index in [1.807, 2.05) is 0 Å². The SMILES string of the molecule is COCc1nc(C)c(C(=O)N2CC(OC)CC2C(=O)O)s1. The lowest BCUT2D eigenvalue weighted by Crippen LogP contribution is -2.40. The second kappa shape index (κ2) is 6.50. The van der Waals surface area contributed by atoms with Gasteiger partial charge in [-0.2, -0.15) is 0 Å². The van der Waals surface area contributed by atoms with Crippen molar-refractivity contribution in [2.75, 3.05) is 20.8 Å². The second-order valence-electron chi connectivity index (χ2n) is 4.86. The van der Waals surface area contributed by atoms with Gasteiger partial charge in [0.1, 0.15) is 15.9 Å². The first-order chi connectivity index (χ1) is 9.97. The molecule has 1 aromatic heterocycles. The average molecular weight is 314 g/mol. The number of thiazole rings is 1. The minimum Gasteiger partial charge on any atom is -0.480 e. The summed E-state index contributed by atoms with van der Waals surface area (Å²) >= 11 is 1.24. The van der Waals surface area contributed by atoms with Crippen molar-refractivity contribution in [3.8, 4) is 0 Å². The molecule has 2 heterocycles. The van der Waals surface area contributed by atoms with Crippen LogP contribution in [-0.4, -0.2) is 59.8 Å². The summed E-state index contributed by atoms with van der Waals surface area (Å²) in [5.41, 5.74) is 0.599. The minimum absolute atomic E-state index is 0.248. The third kappa shape index (κ3) is 3.22. The van der Waals surface area contributed by atoms with Crippen LogP contribution >= 0.6 is 11.3 Å². The molecule has 0 spiro atoms. The fourth-order valence-electron chi connectivity index (χ4n) is 2.39. The Kier molecular flexibility index (Phi) is 4.92. The molecular weight excluding hydrogens is 296 g/mol. The van der Waals surface area contributed by atoms with Crippen molar-refractivity contribution in [2.24, 2.45) is 0 Å². The van der Waals surface area contributed by atoms with Crippen LogP contribution < -0.4 is 0 Å². The van der Waals surface area contributed by atoms with Gasteiger partial charge in [0.2, 0.25) is 0 Å². The number of ether oxygens (including phenoxy) is 2. The van der Waals surface area contributed by atoms with Crippen molar-refractivity contribution < 1.29 is 24.2 Å². The summed E-state index contributed by atoms with van der Waals surface area (Å²) in [6, 6.07) is -0.852. The van der Waals surface area contributed by atoms with Gasteiger partial charge in [-0.25, -0.2) is 9.78 Å². The van der Waals surface area contributed by atoms with Crippen molar-refractivity contribution >= 4 is 23.2 Å². The molecule has 0 aliphatic carbocycles. The highest BCUT2D eigenvalue weighted by atomic mass is 32.1. The average Bonchev–Trinajstić information content (AvgIpc) is 3.02. The number of aliphatic carboxylic acids is 1. The molecule has 7 nitrogen and oxygen atoms in total. The maximum atomic E-state index is 12.6. The first-order valence-electron chi connectivity index (χ1n) is 6.49. The number of aromatic nitrogens is 1. The molecular formula is C13H18N2O5S. The smallest absolute Gasteiger partial charge is 0.326 e. The quantitative estimate of drug-likeness (QED) is 0.869. The first-order valence-corrected chi connectivity index (χ1v) is 7.31. The van der Waals surface area contributed by atoms with E-state index >= 15 is 0 Å². The molecule has 1 aromatic rings. The maximum absolute atomic E-state index is 12.6. The van der Waals surface area contributed by atoms with Crippen molar-refractivity contribution in [2.45, 2.75) is 32.1 Å². The Labute approximate surface area is 126 Å². The maximum Gasteiger partial charge on any atom is 0.326 e. The summed E-state index contributed by atoms with van der Waals surface area (Å²) in [5, 5.41) is 9.97. The lowest BCUT2D eigenvalue weighted by Gasteiger charge is -2.20. The molecule has 1 aliphatic rings. The molecule has 2 unspecified atom stereocenters. The van der Waals surface area contributed by atoms with E-state index in [4.69, 9.17) is 9.47 Å². The van der Waals surface area contributed by atoms with Gasteiger partial charge in [-0.15, -0.1) is 11.3 Å². The molecule has 2 atom stereocenters. The highest BCUT2D eigenvalue weighted by Gasteiger charge is 2.41. The number of carboxylic acids is 1. The standard InChI is InChI=1S/C13H18N2O5S/c1-7-11(21-10(14-7)6-19-2)12(16)15-5-8(20-3)4-9(15)13(17)18/h8-9H,4-6H2,1-3H3,(H,17,18). The number of rotatable bonds is 5. The fourth-order valence-corrected chi connectivity index (χ4v) is 3.39. The Bertz CT molecular complexity index is 545. The molecule has 1 N–H and O–H groups in total. The number of nitrogens with zero attached hydrogens (tertiary/aromatic N) is 2. The van der Waals surface area contributed by atoms with Gasteiger partial charge in [0.25, 0.3) is 5.91 Å². The van der Waals surface area contributed by atoms with E-state index in [-0.39, 0.29) is 18.6 Å². The third-order valence-electron chi connectivity index (χ3n) is 3.44. The van der Waals surface area contributed by atoms with Gasteiger partial charge in [-0.1, -0.05) is 0 Å². The van der Waals surface area contributed by atoms with Gasteiger partial charge in [0.05, 0.1) is 18.4 Å². The monoisotopic (exact) mass is 314 g/mol. The molecule has 116 valence electrons. The van der Waals surface area contributed by atoms with Gasteiger partial charge in [0.15, 0.2) is 0 Å². The van der Waals surface area contributed by atoms with Crippen LogP contribution in [0.15, 0.2) is 0 Å². The van der Waals surface area contributed by atoms with E-state index in [9.17, 15) is 14.7 Å². The molecule has 1 fully saturated rings. The molecule has 2 rings (SSSR count). The van der Waals surface area contributed by atoms with E-state index in [0.29, 0.717) is 28.6 Å². The second-order valence-corrected chi connectivity index (χ2v) is 5.94.